The Labute approximate surface area is 196 Å². The number of phenolic OH excluding ortho intramolecular Hbond substituents is 1. The van der Waals surface area contributed by atoms with Crippen molar-refractivity contribution in [1.82, 2.24) is 20.2 Å². The van der Waals surface area contributed by atoms with Crippen molar-refractivity contribution < 1.29 is 26.7 Å². The van der Waals surface area contributed by atoms with Crippen LogP contribution >= 0.6 is 0 Å². The highest BCUT2D eigenvalue weighted by atomic mass is 32.2. The zero-order valence-electron chi connectivity index (χ0n) is 17.9. The summed E-state index contributed by atoms with van der Waals surface area (Å²) < 4.78 is 73.3. The summed E-state index contributed by atoms with van der Waals surface area (Å²) in [5, 5.41) is 16.7. The van der Waals surface area contributed by atoms with Gasteiger partial charge in [-0.25, -0.2) is 26.6 Å². The molecule has 0 saturated carbocycles. The average molecular weight is 499 g/mol. The maximum atomic E-state index is 15.4. The van der Waals surface area contributed by atoms with Gasteiger partial charge in [0.2, 0.25) is 0 Å². The maximum absolute atomic E-state index is 15.4. The predicted octanol–water partition coefficient (Wildman–Crippen LogP) is 4.85. The summed E-state index contributed by atoms with van der Waals surface area (Å²) in [6.45, 7) is 1.38. The molecule has 0 amide bonds. The molecule has 0 saturated heterocycles. The van der Waals surface area contributed by atoms with Crippen LogP contribution < -0.4 is 4.72 Å². The average Bonchev–Trinajstić information content (AvgIpc) is 3.49. The highest BCUT2D eigenvalue weighted by Gasteiger charge is 2.25. The molecule has 0 aliphatic carbocycles. The van der Waals surface area contributed by atoms with Gasteiger partial charge in [0, 0.05) is 28.9 Å². The number of rotatable bonds is 5. The number of hydrogen-bond donors (Lipinski definition) is 4. The van der Waals surface area contributed by atoms with Gasteiger partial charge in [-0.15, -0.1) is 0 Å². The zero-order valence-corrected chi connectivity index (χ0v) is 18.7. The molecule has 8 nitrogen and oxygen atoms in total. The number of anilines is 1. The molecule has 5 aromatic rings. The van der Waals surface area contributed by atoms with Crippen LogP contribution in [0.2, 0.25) is 0 Å². The Kier molecular flexibility index (Phi) is 5.24. The first-order valence-electron chi connectivity index (χ1n) is 10.1. The van der Waals surface area contributed by atoms with Gasteiger partial charge in [-0.05, 0) is 37.3 Å². The number of aromatic nitrogens is 4. The summed E-state index contributed by atoms with van der Waals surface area (Å²) in [7, 11) is -4.36. The number of aromatic hydroxyl groups is 1. The Hall–Kier alpha value is -4.32. The van der Waals surface area contributed by atoms with E-state index in [1.54, 1.807) is 6.20 Å². The van der Waals surface area contributed by atoms with Gasteiger partial charge in [0.05, 0.1) is 16.1 Å². The minimum Gasteiger partial charge on any atom is -0.508 e. The quantitative estimate of drug-likeness (QED) is 0.275. The molecular formula is C23H16F3N5O3S. The fourth-order valence-corrected chi connectivity index (χ4v) is 5.12. The fourth-order valence-electron chi connectivity index (χ4n) is 3.80. The van der Waals surface area contributed by atoms with E-state index in [1.165, 1.54) is 43.5 Å². The van der Waals surface area contributed by atoms with Crippen molar-refractivity contribution in [3.8, 4) is 28.4 Å². The van der Waals surface area contributed by atoms with Gasteiger partial charge >= 0.3 is 0 Å². The molecule has 0 fully saturated rings. The van der Waals surface area contributed by atoms with Gasteiger partial charge < -0.3 is 10.1 Å². The number of halogens is 3. The summed E-state index contributed by atoms with van der Waals surface area (Å²) >= 11 is 0. The van der Waals surface area contributed by atoms with Crippen LogP contribution in [0.15, 0.2) is 59.8 Å². The van der Waals surface area contributed by atoms with E-state index in [1.807, 2.05) is 0 Å². The predicted molar refractivity (Wildman–Crippen MR) is 123 cm³/mol. The molecule has 0 bridgehead atoms. The lowest BCUT2D eigenvalue weighted by atomic mass is 10.0. The second-order valence-electron chi connectivity index (χ2n) is 7.65. The number of benzene rings is 3. The van der Waals surface area contributed by atoms with Crippen molar-refractivity contribution in [3.05, 3.63) is 77.9 Å². The van der Waals surface area contributed by atoms with E-state index in [4.69, 9.17) is 0 Å². The van der Waals surface area contributed by atoms with Gasteiger partial charge in [0.25, 0.3) is 10.0 Å². The first-order chi connectivity index (χ1) is 16.7. The standard InChI is InChI=1S/C23H16F3N5O3S/c1-11-16(32)3-2-4-17(11)35(33,34)31-15-8-7-14(24)18(20(15)26)12-5-6-13-21(19(12)25)29-30-22(13)23-27-9-10-28-23/h2-10,31-32H,1H3,(H,27,28)(H,29,30). The molecule has 35 heavy (non-hydrogen) atoms. The monoisotopic (exact) mass is 499 g/mol. The molecule has 5 rings (SSSR count). The smallest absolute Gasteiger partial charge is 0.262 e. The summed E-state index contributed by atoms with van der Waals surface area (Å²) in [6, 6.07) is 8.18. The number of fused-ring (bicyclic) bond motifs is 1. The molecule has 0 aliphatic rings. The molecule has 4 N–H and O–H groups in total. The molecule has 2 heterocycles. The third-order valence-electron chi connectivity index (χ3n) is 5.55. The van der Waals surface area contributed by atoms with Gasteiger partial charge in [0.1, 0.15) is 22.8 Å². The first-order valence-corrected chi connectivity index (χ1v) is 11.6. The molecule has 0 aliphatic heterocycles. The Morgan fingerprint density at radius 1 is 1.03 bits per heavy atom. The lowest BCUT2D eigenvalue weighted by Gasteiger charge is -2.14. The van der Waals surface area contributed by atoms with Crippen LogP contribution in [-0.4, -0.2) is 33.7 Å². The van der Waals surface area contributed by atoms with E-state index in [0.717, 1.165) is 12.1 Å². The number of aromatic amines is 2. The topological polar surface area (TPSA) is 124 Å². The third-order valence-corrected chi connectivity index (χ3v) is 7.06. The number of nitrogens with zero attached hydrogens (tertiary/aromatic N) is 2. The van der Waals surface area contributed by atoms with Crippen LogP contribution in [0.3, 0.4) is 0 Å². The zero-order chi connectivity index (χ0) is 24.9. The van der Waals surface area contributed by atoms with Crippen LogP contribution in [-0.2, 0) is 10.0 Å². The molecule has 0 atom stereocenters. The minimum atomic E-state index is -4.36. The largest absolute Gasteiger partial charge is 0.508 e. The molecule has 0 spiro atoms. The molecule has 3 aromatic carbocycles. The van der Waals surface area contributed by atoms with Crippen LogP contribution in [0.1, 0.15) is 5.56 Å². The second kappa shape index (κ2) is 8.17. The maximum Gasteiger partial charge on any atom is 0.262 e. The lowest BCUT2D eigenvalue weighted by molar-refractivity contribution is 0.468. The van der Waals surface area contributed by atoms with Crippen molar-refractivity contribution in [2.24, 2.45) is 0 Å². The van der Waals surface area contributed by atoms with Crippen molar-refractivity contribution in [2.45, 2.75) is 11.8 Å². The Bertz CT molecular complexity index is 1700. The van der Waals surface area contributed by atoms with Crippen molar-refractivity contribution in [1.29, 1.82) is 0 Å². The number of H-pyrrole nitrogens is 2. The van der Waals surface area contributed by atoms with E-state index in [-0.39, 0.29) is 21.7 Å². The Balaban J connectivity index is 1.60. The third kappa shape index (κ3) is 3.67. The van der Waals surface area contributed by atoms with Gasteiger partial charge in [-0.1, -0.05) is 12.1 Å². The van der Waals surface area contributed by atoms with E-state index in [0.29, 0.717) is 16.9 Å². The van der Waals surface area contributed by atoms with Crippen LogP contribution in [0.25, 0.3) is 33.5 Å². The molecule has 178 valence electrons. The number of hydrogen-bond acceptors (Lipinski definition) is 5. The summed E-state index contributed by atoms with van der Waals surface area (Å²) in [4.78, 5) is 6.62. The molecule has 0 unspecified atom stereocenters. The van der Waals surface area contributed by atoms with Gasteiger partial charge in [0.15, 0.2) is 17.5 Å². The SMILES string of the molecule is Cc1c(O)cccc1S(=O)(=O)Nc1ccc(F)c(-c2ccc3c(-c4ncc[nH]4)n[nH]c3c2F)c1F. The van der Waals surface area contributed by atoms with E-state index >= 15 is 8.78 Å². The van der Waals surface area contributed by atoms with Gasteiger partial charge in [-0.3, -0.25) is 9.82 Å². The highest BCUT2D eigenvalue weighted by Crippen LogP contribution is 2.37. The normalized spacial score (nSPS) is 11.8. The van der Waals surface area contributed by atoms with E-state index < -0.39 is 44.3 Å². The van der Waals surface area contributed by atoms with Crippen LogP contribution in [0.4, 0.5) is 18.9 Å². The molecule has 2 aromatic heterocycles. The Morgan fingerprint density at radius 3 is 2.57 bits per heavy atom. The molecule has 12 heteroatoms. The highest BCUT2D eigenvalue weighted by molar-refractivity contribution is 7.92. The Morgan fingerprint density at radius 2 is 1.83 bits per heavy atom. The lowest BCUT2D eigenvalue weighted by Crippen LogP contribution is -2.15. The molecular weight excluding hydrogens is 483 g/mol. The number of sulfonamides is 1. The van der Waals surface area contributed by atoms with Crippen LogP contribution in [0, 0.1) is 24.4 Å². The number of imidazole rings is 1. The fraction of sp³-hybridized carbons (Fsp3) is 0.0435. The summed E-state index contributed by atoms with van der Waals surface area (Å²) in [5.41, 5.74) is -1.52. The van der Waals surface area contributed by atoms with Crippen molar-refractivity contribution in [2.75, 3.05) is 4.72 Å². The number of phenols is 1. The van der Waals surface area contributed by atoms with Crippen molar-refractivity contribution >= 4 is 26.6 Å². The van der Waals surface area contributed by atoms with Gasteiger partial charge in [-0.2, -0.15) is 5.10 Å². The van der Waals surface area contributed by atoms with Crippen molar-refractivity contribution in [3.63, 3.8) is 0 Å². The molecule has 0 radical (unpaired) electrons. The summed E-state index contributed by atoms with van der Waals surface area (Å²) in [6.07, 6.45) is 3.06. The second-order valence-corrected chi connectivity index (χ2v) is 9.30. The number of nitrogens with one attached hydrogen (secondary N) is 3. The summed E-state index contributed by atoms with van der Waals surface area (Å²) in [5.74, 6) is -3.27. The first kappa shape index (κ1) is 22.5. The van der Waals surface area contributed by atoms with E-state index in [9.17, 15) is 17.9 Å². The minimum absolute atomic E-state index is 0.0471. The van der Waals surface area contributed by atoms with E-state index in [2.05, 4.69) is 24.9 Å². The van der Waals surface area contributed by atoms with Crippen LogP contribution in [0.5, 0.6) is 5.75 Å².